The lowest BCUT2D eigenvalue weighted by Crippen LogP contribution is -2.57. The molecular weight excluding hydrogens is 488 g/mol. The van der Waals surface area contributed by atoms with Gasteiger partial charge in [0.25, 0.3) is 5.91 Å². The van der Waals surface area contributed by atoms with Crippen LogP contribution in [0, 0.1) is 11.8 Å². The van der Waals surface area contributed by atoms with Crippen LogP contribution in [0.2, 0.25) is 5.02 Å². The van der Waals surface area contributed by atoms with Gasteiger partial charge in [-0.15, -0.1) is 18.3 Å². The van der Waals surface area contributed by atoms with Crippen LogP contribution < -0.4 is 4.90 Å². The van der Waals surface area contributed by atoms with E-state index in [1.165, 1.54) is 11.0 Å². The molecule has 4 rings (SSSR count). The van der Waals surface area contributed by atoms with Crippen molar-refractivity contribution >= 4 is 46.8 Å². The van der Waals surface area contributed by atoms with Gasteiger partial charge in [0, 0.05) is 22.0 Å². The third-order valence-corrected chi connectivity index (χ3v) is 9.74. The van der Waals surface area contributed by atoms with E-state index in [4.69, 9.17) is 16.3 Å². The van der Waals surface area contributed by atoms with E-state index in [0.29, 0.717) is 23.6 Å². The predicted molar refractivity (Wildman–Crippen MR) is 137 cm³/mol. The predicted octanol–water partition coefficient (Wildman–Crippen LogP) is 3.45. The molecule has 9 heteroatoms. The first kappa shape index (κ1) is 25.8. The van der Waals surface area contributed by atoms with E-state index in [1.54, 1.807) is 53.9 Å². The van der Waals surface area contributed by atoms with E-state index in [0.717, 1.165) is 0 Å². The number of benzene rings is 1. The number of esters is 1. The molecule has 0 aromatic heterocycles. The minimum absolute atomic E-state index is 0.0623. The van der Waals surface area contributed by atoms with Crippen molar-refractivity contribution in [2.75, 3.05) is 24.7 Å². The molecule has 3 aliphatic rings. The summed E-state index contributed by atoms with van der Waals surface area (Å²) in [5.41, 5.74) is 0.633. The van der Waals surface area contributed by atoms with Crippen molar-refractivity contribution in [3.05, 3.63) is 54.6 Å². The summed E-state index contributed by atoms with van der Waals surface area (Å²) in [7, 11) is 0. The number of anilines is 1. The quantitative estimate of drug-likeness (QED) is 0.398. The molecule has 0 aliphatic carbocycles. The standard InChI is InChI=1S/C26H31ClN2O5S/c1-5-13-28(18-9-7-17(27)8-10-18)23(32)21-26-12-11-25(4,35-26)20(24(33)34-14-6-2)19(26)22(31)29(21)16(3)15-30/h5-10,16,19-21,30H,1-2,11-15H2,3-4H3/t16-,19+,20-,21?,25+,26?/m1/s1. The molecule has 3 heterocycles. The highest BCUT2D eigenvalue weighted by Gasteiger charge is 2.78. The monoisotopic (exact) mass is 518 g/mol. The van der Waals surface area contributed by atoms with Crippen LogP contribution in [0.1, 0.15) is 26.7 Å². The topological polar surface area (TPSA) is 87.1 Å². The van der Waals surface area contributed by atoms with E-state index < -0.39 is 39.4 Å². The number of aliphatic hydroxyl groups is 1. The molecule has 1 aromatic rings. The van der Waals surface area contributed by atoms with Gasteiger partial charge in [-0.2, -0.15) is 0 Å². The average Bonchev–Trinajstić information content (AvgIpc) is 3.41. The fourth-order valence-electron chi connectivity index (χ4n) is 6.01. The van der Waals surface area contributed by atoms with Gasteiger partial charge >= 0.3 is 5.97 Å². The number of fused-ring (bicyclic) bond motifs is 1. The maximum Gasteiger partial charge on any atom is 0.311 e. The Kier molecular flexibility index (Phi) is 7.10. The molecule has 2 bridgehead atoms. The Morgan fingerprint density at radius 2 is 2.00 bits per heavy atom. The van der Waals surface area contributed by atoms with Crippen LogP contribution in [0.5, 0.6) is 0 Å². The molecule has 0 saturated carbocycles. The zero-order valence-corrected chi connectivity index (χ0v) is 21.6. The third-order valence-electron chi connectivity index (χ3n) is 7.50. The van der Waals surface area contributed by atoms with E-state index in [9.17, 15) is 19.5 Å². The Morgan fingerprint density at radius 3 is 2.60 bits per heavy atom. The average molecular weight is 519 g/mol. The molecule has 188 valence electrons. The van der Waals surface area contributed by atoms with Gasteiger partial charge in [-0.3, -0.25) is 14.4 Å². The molecule has 0 radical (unpaired) electrons. The maximum absolute atomic E-state index is 14.3. The van der Waals surface area contributed by atoms with Crippen LogP contribution in [-0.2, 0) is 19.1 Å². The summed E-state index contributed by atoms with van der Waals surface area (Å²) in [5, 5.41) is 10.6. The zero-order valence-electron chi connectivity index (χ0n) is 20.0. The molecule has 1 N–H and O–H groups in total. The first-order chi connectivity index (χ1) is 16.6. The van der Waals surface area contributed by atoms with Crippen molar-refractivity contribution in [1.29, 1.82) is 0 Å². The van der Waals surface area contributed by atoms with Gasteiger partial charge in [-0.25, -0.2) is 0 Å². The Hall–Kier alpha value is -2.29. The zero-order chi connectivity index (χ0) is 25.5. The van der Waals surface area contributed by atoms with E-state index in [2.05, 4.69) is 13.2 Å². The Labute approximate surface area is 215 Å². The lowest BCUT2D eigenvalue weighted by molar-refractivity contribution is -0.155. The fraction of sp³-hybridized carbons (Fsp3) is 0.500. The van der Waals surface area contributed by atoms with Crippen LogP contribution in [0.25, 0.3) is 0 Å². The Bertz CT molecular complexity index is 1050. The lowest BCUT2D eigenvalue weighted by Gasteiger charge is -2.38. The molecule has 3 saturated heterocycles. The van der Waals surface area contributed by atoms with Crippen molar-refractivity contribution in [3.8, 4) is 0 Å². The van der Waals surface area contributed by atoms with Gasteiger partial charge in [-0.1, -0.05) is 30.3 Å². The second-order valence-electron chi connectivity index (χ2n) is 9.64. The van der Waals surface area contributed by atoms with Crippen molar-refractivity contribution in [1.82, 2.24) is 4.90 Å². The second-order valence-corrected chi connectivity index (χ2v) is 12.0. The number of hydrogen-bond acceptors (Lipinski definition) is 6. The van der Waals surface area contributed by atoms with Gasteiger partial charge in [0.2, 0.25) is 5.91 Å². The number of hydrogen-bond donors (Lipinski definition) is 1. The molecule has 3 aliphatic heterocycles. The smallest absolute Gasteiger partial charge is 0.311 e. The molecule has 7 nitrogen and oxygen atoms in total. The van der Waals surface area contributed by atoms with Crippen molar-refractivity contribution in [3.63, 3.8) is 0 Å². The van der Waals surface area contributed by atoms with Crippen LogP contribution in [0.3, 0.4) is 0 Å². The number of likely N-dealkylation sites (tertiary alicyclic amines) is 1. The van der Waals surface area contributed by atoms with Gasteiger partial charge in [0.05, 0.1) is 29.2 Å². The number of ether oxygens (including phenoxy) is 1. The highest BCUT2D eigenvalue weighted by molar-refractivity contribution is 8.02. The van der Waals surface area contributed by atoms with Crippen LogP contribution in [0.15, 0.2) is 49.6 Å². The normalized spacial score (nSPS) is 31.7. The summed E-state index contributed by atoms with van der Waals surface area (Å²) in [6.45, 7) is 11.1. The lowest BCUT2D eigenvalue weighted by atomic mass is 9.66. The van der Waals surface area contributed by atoms with Crippen LogP contribution >= 0.6 is 23.4 Å². The molecule has 2 amide bonds. The number of amides is 2. The first-order valence-electron chi connectivity index (χ1n) is 11.7. The number of rotatable bonds is 9. The molecule has 3 fully saturated rings. The molecule has 1 aromatic carbocycles. The van der Waals surface area contributed by atoms with Gasteiger partial charge < -0.3 is 19.6 Å². The Balaban J connectivity index is 1.80. The fourth-order valence-corrected chi connectivity index (χ4v) is 8.47. The van der Waals surface area contributed by atoms with E-state index in [1.807, 2.05) is 6.92 Å². The van der Waals surface area contributed by atoms with Crippen LogP contribution in [-0.4, -0.2) is 69.1 Å². The molecule has 1 spiro atoms. The summed E-state index contributed by atoms with van der Waals surface area (Å²) in [6.07, 6.45) is 4.43. The van der Waals surface area contributed by atoms with Gasteiger partial charge in [-0.05, 0) is 51.0 Å². The molecule has 35 heavy (non-hydrogen) atoms. The second kappa shape index (κ2) is 9.64. The number of carbonyl (C=O) groups is 3. The van der Waals surface area contributed by atoms with Crippen molar-refractivity contribution in [2.24, 2.45) is 11.8 Å². The summed E-state index contributed by atoms with van der Waals surface area (Å²) in [4.78, 5) is 44.5. The number of carbonyl (C=O) groups excluding carboxylic acids is 3. The highest BCUT2D eigenvalue weighted by Crippen LogP contribution is 2.71. The Morgan fingerprint density at radius 1 is 1.31 bits per heavy atom. The third kappa shape index (κ3) is 3.99. The highest BCUT2D eigenvalue weighted by atomic mass is 35.5. The van der Waals surface area contributed by atoms with E-state index in [-0.39, 0.29) is 31.6 Å². The minimum Gasteiger partial charge on any atom is -0.461 e. The minimum atomic E-state index is -0.846. The largest absolute Gasteiger partial charge is 0.461 e. The summed E-state index contributed by atoms with van der Waals surface area (Å²) < 4.78 is 4.10. The maximum atomic E-state index is 14.3. The molecule has 6 atom stereocenters. The van der Waals surface area contributed by atoms with Crippen molar-refractivity contribution < 1.29 is 24.2 Å². The van der Waals surface area contributed by atoms with E-state index >= 15 is 0 Å². The summed E-state index contributed by atoms with van der Waals surface area (Å²) >= 11 is 7.63. The van der Waals surface area contributed by atoms with Gasteiger partial charge in [0.15, 0.2) is 0 Å². The number of aliphatic hydroxyl groups excluding tert-OH is 1. The van der Waals surface area contributed by atoms with Crippen LogP contribution in [0.4, 0.5) is 5.69 Å². The molecular formula is C26H31ClN2O5S. The number of thioether (sulfide) groups is 1. The first-order valence-corrected chi connectivity index (χ1v) is 12.9. The number of halogens is 1. The summed E-state index contributed by atoms with van der Waals surface area (Å²) in [5.74, 6) is -2.37. The summed E-state index contributed by atoms with van der Waals surface area (Å²) in [6, 6.07) is 5.48. The molecule has 2 unspecified atom stereocenters. The van der Waals surface area contributed by atoms with Crippen molar-refractivity contribution in [2.45, 2.75) is 48.3 Å². The van der Waals surface area contributed by atoms with Gasteiger partial charge in [0.1, 0.15) is 12.6 Å². The SMILES string of the molecule is C=CCOC(=O)[C@H]1[C@H]2C(=O)N([C@H](C)CO)C(C(=O)N(CC=C)c3ccc(Cl)cc3)C23CC[C@]1(C)S3. The number of nitrogens with zero attached hydrogens (tertiary/aromatic N) is 2.